The molecule has 0 aliphatic rings. The predicted molar refractivity (Wildman–Crippen MR) is 107 cm³/mol. The van der Waals surface area contributed by atoms with Gasteiger partial charge in [-0.2, -0.15) is 0 Å². The molecule has 27 heavy (non-hydrogen) atoms. The van der Waals surface area contributed by atoms with Crippen LogP contribution in [0.5, 0.6) is 0 Å². The quantitative estimate of drug-likeness (QED) is 0.498. The van der Waals surface area contributed by atoms with E-state index in [9.17, 15) is 18.0 Å². The highest BCUT2D eigenvalue weighted by atomic mass is 32.2. The van der Waals surface area contributed by atoms with Crippen LogP contribution >= 0.6 is 12.2 Å². The number of hydrazine groups is 2. The number of nitrogens with one attached hydrogen (secondary N) is 2. The van der Waals surface area contributed by atoms with E-state index in [0.717, 1.165) is 9.42 Å². The van der Waals surface area contributed by atoms with Gasteiger partial charge in [0.05, 0.1) is 0 Å². The molecule has 0 saturated heterocycles. The van der Waals surface area contributed by atoms with Crippen LogP contribution in [0.3, 0.4) is 0 Å². The Bertz CT molecular complexity index is 770. The van der Waals surface area contributed by atoms with Crippen LogP contribution in [0, 0.1) is 0 Å². The molecule has 9 nitrogen and oxygen atoms in total. The van der Waals surface area contributed by atoms with Crippen molar-refractivity contribution in [3.8, 4) is 0 Å². The number of urea groups is 1. The number of sulfonamides is 1. The van der Waals surface area contributed by atoms with Crippen molar-refractivity contribution in [2.45, 2.75) is 13.8 Å². The van der Waals surface area contributed by atoms with Gasteiger partial charge in [0.1, 0.15) is 10.7 Å². The van der Waals surface area contributed by atoms with Crippen molar-refractivity contribution < 1.29 is 18.0 Å². The Kier molecular flexibility index (Phi) is 8.60. The second-order valence-corrected chi connectivity index (χ2v) is 7.78. The zero-order chi connectivity index (χ0) is 20.6. The number of hydrogen-bond acceptors (Lipinski definition) is 5. The van der Waals surface area contributed by atoms with Crippen LogP contribution < -0.4 is 10.7 Å². The van der Waals surface area contributed by atoms with Crippen LogP contribution in [0.25, 0.3) is 0 Å². The Morgan fingerprint density at radius 1 is 1.11 bits per heavy atom. The van der Waals surface area contributed by atoms with E-state index in [4.69, 9.17) is 12.2 Å². The number of benzene rings is 1. The zero-order valence-electron chi connectivity index (χ0n) is 15.8. The maximum absolute atomic E-state index is 12.5. The smallest absolute Gasteiger partial charge is 0.332 e. The fraction of sp³-hybridized carbons (Fsp3) is 0.438. The first kappa shape index (κ1) is 22.8. The van der Waals surface area contributed by atoms with Crippen LogP contribution in [0.4, 0.5) is 4.79 Å². The summed E-state index contributed by atoms with van der Waals surface area (Å²) in [7, 11) is -1.21. The van der Waals surface area contributed by atoms with E-state index in [2.05, 4.69) is 10.7 Å². The number of amides is 3. The number of carbonyl (C=O) groups excluding carboxylic acids is 2. The molecular weight excluding hydrogens is 390 g/mol. The lowest BCUT2D eigenvalue weighted by atomic mass is 10.2. The fourth-order valence-corrected chi connectivity index (χ4v) is 3.81. The molecule has 0 radical (unpaired) electrons. The molecule has 1 rings (SSSR count). The average molecular weight is 416 g/mol. The van der Waals surface area contributed by atoms with Gasteiger partial charge in [-0.25, -0.2) is 18.2 Å². The van der Waals surface area contributed by atoms with Gasteiger partial charge < -0.3 is 5.32 Å². The molecule has 0 aliphatic heterocycles. The highest BCUT2D eigenvalue weighted by Crippen LogP contribution is 2.07. The largest absolute Gasteiger partial charge is 0.337 e. The summed E-state index contributed by atoms with van der Waals surface area (Å²) in [5, 5.41) is 4.72. The lowest BCUT2D eigenvalue weighted by Gasteiger charge is -2.30. The van der Waals surface area contributed by atoms with Crippen molar-refractivity contribution in [1.82, 2.24) is 25.2 Å². The van der Waals surface area contributed by atoms with Crippen LogP contribution in [0.2, 0.25) is 0 Å². The van der Waals surface area contributed by atoms with E-state index in [0.29, 0.717) is 17.1 Å². The lowest BCUT2D eigenvalue weighted by Crippen LogP contribution is -2.54. The highest BCUT2D eigenvalue weighted by Gasteiger charge is 2.30. The first-order valence-electron chi connectivity index (χ1n) is 8.28. The molecule has 0 aliphatic carbocycles. The SMILES string of the molecule is CCNC(=O)N(C)N(CC)S(=O)(=O)CC(=O)NN(C)C(=S)c1ccccc1. The summed E-state index contributed by atoms with van der Waals surface area (Å²) >= 11 is 5.27. The summed E-state index contributed by atoms with van der Waals surface area (Å²) in [5.41, 5.74) is 3.15. The summed E-state index contributed by atoms with van der Waals surface area (Å²) < 4.78 is 25.9. The second-order valence-electron chi connectivity index (χ2n) is 5.52. The predicted octanol–water partition coefficient (Wildman–Crippen LogP) is 0.553. The Labute approximate surface area is 165 Å². The first-order valence-corrected chi connectivity index (χ1v) is 10.3. The van der Waals surface area contributed by atoms with E-state index in [-0.39, 0.29) is 6.54 Å². The zero-order valence-corrected chi connectivity index (χ0v) is 17.4. The van der Waals surface area contributed by atoms with Gasteiger partial charge in [0.15, 0.2) is 0 Å². The third-order valence-electron chi connectivity index (χ3n) is 3.48. The van der Waals surface area contributed by atoms with Crippen molar-refractivity contribution in [1.29, 1.82) is 0 Å². The molecule has 2 N–H and O–H groups in total. The van der Waals surface area contributed by atoms with Crippen molar-refractivity contribution in [2.24, 2.45) is 0 Å². The van der Waals surface area contributed by atoms with E-state index < -0.39 is 27.7 Å². The summed E-state index contributed by atoms with van der Waals surface area (Å²) in [5.74, 6) is -1.59. The molecule has 150 valence electrons. The van der Waals surface area contributed by atoms with Crippen molar-refractivity contribution in [3.63, 3.8) is 0 Å². The Hall–Kier alpha value is -2.24. The molecule has 0 aromatic heterocycles. The molecule has 0 fully saturated rings. The maximum Gasteiger partial charge on any atom is 0.332 e. The van der Waals surface area contributed by atoms with Gasteiger partial charge >= 0.3 is 6.03 Å². The summed E-state index contributed by atoms with van der Waals surface area (Å²) in [6.07, 6.45) is 0. The molecule has 0 saturated carbocycles. The van der Waals surface area contributed by atoms with Crippen LogP contribution in [-0.4, -0.2) is 72.7 Å². The van der Waals surface area contributed by atoms with Gasteiger partial charge in [-0.15, -0.1) is 4.41 Å². The molecule has 3 amide bonds. The Balaban J connectivity index is 2.78. The molecule has 0 bridgehead atoms. The number of thiocarbonyl (C=S) groups is 1. The Morgan fingerprint density at radius 2 is 1.70 bits per heavy atom. The third kappa shape index (κ3) is 6.45. The van der Waals surface area contributed by atoms with Gasteiger partial charge in [0.25, 0.3) is 5.91 Å². The normalized spacial score (nSPS) is 11.0. The molecular formula is C16H25N5O4S2. The minimum Gasteiger partial charge on any atom is -0.337 e. The van der Waals surface area contributed by atoms with E-state index in [1.165, 1.54) is 19.1 Å². The van der Waals surface area contributed by atoms with E-state index in [1.807, 2.05) is 6.07 Å². The van der Waals surface area contributed by atoms with Gasteiger partial charge in [-0.1, -0.05) is 42.5 Å². The van der Waals surface area contributed by atoms with E-state index >= 15 is 0 Å². The topological polar surface area (TPSA) is 102 Å². The number of nitrogens with zero attached hydrogens (tertiary/aromatic N) is 3. The van der Waals surface area contributed by atoms with Gasteiger partial charge in [-0.05, 0) is 13.8 Å². The molecule has 0 atom stereocenters. The lowest BCUT2D eigenvalue weighted by molar-refractivity contribution is -0.121. The van der Waals surface area contributed by atoms with Crippen molar-refractivity contribution in [3.05, 3.63) is 35.9 Å². The Morgan fingerprint density at radius 3 is 2.22 bits per heavy atom. The maximum atomic E-state index is 12.5. The number of carbonyl (C=O) groups is 2. The summed E-state index contributed by atoms with van der Waals surface area (Å²) in [4.78, 5) is 24.4. The standard InChI is InChI=1S/C16H25N5O4S2/c1-5-17-16(23)20(4)21(6-2)27(24,25)12-14(22)18-19(3)15(26)13-10-8-7-9-11-13/h7-11H,5-6,12H2,1-4H3,(H,17,23)(H,18,22). The minimum atomic E-state index is -4.05. The van der Waals surface area contributed by atoms with Gasteiger partial charge in [0, 0.05) is 32.7 Å². The monoisotopic (exact) mass is 415 g/mol. The van der Waals surface area contributed by atoms with Crippen LogP contribution in [0.1, 0.15) is 19.4 Å². The molecule has 0 unspecified atom stereocenters. The third-order valence-corrected chi connectivity index (χ3v) is 5.76. The highest BCUT2D eigenvalue weighted by molar-refractivity contribution is 7.89. The fourth-order valence-electron chi connectivity index (χ4n) is 2.25. The summed E-state index contributed by atoms with van der Waals surface area (Å²) in [6, 6.07) is 8.42. The van der Waals surface area contributed by atoms with Crippen LogP contribution in [0.15, 0.2) is 30.3 Å². The van der Waals surface area contributed by atoms with Crippen LogP contribution in [-0.2, 0) is 14.8 Å². The molecule has 0 spiro atoms. The molecule has 1 aromatic carbocycles. The van der Waals surface area contributed by atoms with Gasteiger partial charge in [0.2, 0.25) is 10.0 Å². The number of hydrogen-bond donors (Lipinski definition) is 2. The second kappa shape index (κ2) is 10.2. The molecule has 1 aromatic rings. The van der Waals surface area contributed by atoms with Gasteiger partial charge in [-0.3, -0.25) is 15.2 Å². The van der Waals surface area contributed by atoms with Crippen molar-refractivity contribution in [2.75, 3.05) is 32.9 Å². The molecule has 11 heteroatoms. The summed E-state index contributed by atoms with van der Waals surface area (Å²) in [6.45, 7) is 3.64. The van der Waals surface area contributed by atoms with Crippen molar-refractivity contribution >= 4 is 39.2 Å². The minimum absolute atomic E-state index is 0.00150. The number of rotatable bonds is 7. The average Bonchev–Trinajstić information content (AvgIpc) is 2.61. The van der Waals surface area contributed by atoms with E-state index in [1.54, 1.807) is 38.1 Å². The molecule has 0 heterocycles. The first-order chi connectivity index (χ1) is 12.6.